The molecule has 148 valence electrons. The summed E-state index contributed by atoms with van der Waals surface area (Å²) in [5.41, 5.74) is 5.06. The molecule has 2 aromatic heterocycles. The molecule has 28 heavy (non-hydrogen) atoms. The molecule has 6 nitrogen and oxygen atoms in total. The SMILES string of the molecule is Cc1ccc(-c2nc(NC(=O)[C@@H](C)n3nc(C)cc3C)sc2CN(C)C)cc1. The van der Waals surface area contributed by atoms with Gasteiger partial charge in [-0.2, -0.15) is 5.10 Å². The van der Waals surface area contributed by atoms with E-state index in [0.717, 1.165) is 34.1 Å². The molecule has 7 heteroatoms. The Kier molecular flexibility index (Phi) is 5.96. The van der Waals surface area contributed by atoms with E-state index in [9.17, 15) is 4.79 Å². The molecule has 0 aliphatic rings. The molecule has 3 aromatic rings. The minimum absolute atomic E-state index is 0.119. The minimum atomic E-state index is -0.405. The number of thiazole rings is 1. The summed E-state index contributed by atoms with van der Waals surface area (Å²) < 4.78 is 1.75. The maximum atomic E-state index is 12.8. The first-order valence-corrected chi connectivity index (χ1v) is 10.1. The number of nitrogens with one attached hydrogen (secondary N) is 1. The van der Waals surface area contributed by atoms with Crippen LogP contribution in [-0.2, 0) is 11.3 Å². The van der Waals surface area contributed by atoms with Gasteiger partial charge in [0.05, 0.1) is 11.4 Å². The van der Waals surface area contributed by atoms with Crippen molar-refractivity contribution in [2.24, 2.45) is 0 Å². The average Bonchev–Trinajstić information content (AvgIpc) is 3.16. The van der Waals surface area contributed by atoms with Crippen LogP contribution in [-0.4, -0.2) is 39.7 Å². The second-order valence-corrected chi connectivity index (χ2v) is 8.52. The molecule has 0 spiro atoms. The number of nitrogens with zero attached hydrogens (tertiary/aromatic N) is 4. The van der Waals surface area contributed by atoms with E-state index in [4.69, 9.17) is 4.98 Å². The summed E-state index contributed by atoms with van der Waals surface area (Å²) in [7, 11) is 4.06. The largest absolute Gasteiger partial charge is 0.304 e. The second kappa shape index (κ2) is 8.24. The molecule has 2 heterocycles. The van der Waals surface area contributed by atoms with E-state index < -0.39 is 6.04 Å². The van der Waals surface area contributed by atoms with Gasteiger partial charge in [-0.15, -0.1) is 0 Å². The van der Waals surface area contributed by atoms with Crippen LogP contribution in [0.4, 0.5) is 5.13 Å². The van der Waals surface area contributed by atoms with Gasteiger partial charge in [0.2, 0.25) is 0 Å². The molecule has 1 amide bonds. The smallest absolute Gasteiger partial charge is 0.250 e. The Morgan fingerprint density at radius 1 is 1.21 bits per heavy atom. The summed E-state index contributed by atoms with van der Waals surface area (Å²) in [5, 5.41) is 8.02. The number of carbonyl (C=O) groups is 1. The predicted molar refractivity (Wildman–Crippen MR) is 115 cm³/mol. The van der Waals surface area contributed by atoms with Crippen molar-refractivity contribution in [3.63, 3.8) is 0 Å². The summed E-state index contributed by atoms with van der Waals surface area (Å²) in [5.74, 6) is -0.119. The van der Waals surface area contributed by atoms with E-state index in [0.29, 0.717) is 5.13 Å². The first-order valence-electron chi connectivity index (χ1n) is 9.29. The molecular formula is C21H27N5OS. The van der Waals surface area contributed by atoms with E-state index in [-0.39, 0.29) is 5.91 Å². The number of amides is 1. The predicted octanol–water partition coefficient (Wildman–Crippen LogP) is 4.19. The van der Waals surface area contributed by atoms with Gasteiger partial charge in [-0.3, -0.25) is 9.48 Å². The van der Waals surface area contributed by atoms with E-state index >= 15 is 0 Å². The Bertz CT molecular complexity index is 971. The molecule has 0 saturated heterocycles. The fourth-order valence-electron chi connectivity index (χ4n) is 3.10. The second-order valence-electron chi connectivity index (χ2n) is 7.43. The maximum absolute atomic E-state index is 12.8. The van der Waals surface area contributed by atoms with E-state index in [1.165, 1.54) is 16.9 Å². The number of hydrogen-bond acceptors (Lipinski definition) is 5. The Labute approximate surface area is 170 Å². The molecule has 0 unspecified atom stereocenters. The number of carbonyl (C=O) groups excluding carboxylic acids is 1. The van der Waals surface area contributed by atoms with Crippen molar-refractivity contribution in [1.82, 2.24) is 19.7 Å². The Balaban J connectivity index is 1.86. The standard InChI is InChI=1S/C21H27N5OS/c1-13-7-9-17(10-8-13)19-18(12-25(5)6)28-21(22-19)23-20(27)16(4)26-15(3)11-14(2)24-26/h7-11,16H,12H2,1-6H3,(H,22,23,27)/t16-/m1/s1. The molecule has 3 rings (SSSR count). The van der Waals surface area contributed by atoms with Crippen molar-refractivity contribution in [3.05, 3.63) is 52.2 Å². The number of anilines is 1. The zero-order chi connectivity index (χ0) is 20.4. The molecular weight excluding hydrogens is 370 g/mol. The van der Waals surface area contributed by atoms with Crippen LogP contribution in [0.2, 0.25) is 0 Å². The summed E-state index contributed by atoms with van der Waals surface area (Å²) in [6.45, 7) is 8.57. The molecule has 1 aromatic carbocycles. The fraction of sp³-hybridized carbons (Fsp3) is 0.381. The number of benzene rings is 1. The summed E-state index contributed by atoms with van der Waals surface area (Å²) in [6.07, 6.45) is 0. The Morgan fingerprint density at radius 3 is 2.46 bits per heavy atom. The van der Waals surface area contributed by atoms with Crippen LogP contribution >= 0.6 is 11.3 Å². The van der Waals surface area contributed by atoms with E-state index in [2.05, 4.69) is 46.5 Å². The highest BCUT2D eigenvalue weighted by molar-refractivity contribution is 7.16. The normalized spacial score (nSPS) is 12.4. The van der Waals surface area contributed by atoms with Crippen LogP contribution in [0.5, 0.6) is 0 Å². The van der Waals surface area contributed by atoms with Crippen LogP contribution < -0.4 is 5.32 Å². The van der Waals surface area contributed by atoms with E-state index in [1.54, 1.807) is 4.68 Å². The van der Waals surface area contributed by atoms with Gasteiger partial charge in [0.25, 0.3) is 5.91 Å². The maximum Gasteiger partial charge on any atom is 0.250 e. The zero-order valence-electron chi connectivity index (χ0n) is 17.3. The van der Waals surface area contributed by atoms with Gasteiger partial charge in [0.1, 0.15) is 6.04 Å². The van der Waals surface area contributed by atoms with E-state index in [1.807, 2.05) is 40.9 Å². The molecule has 0 saturated carbocycles. The van der Waals surface area contributed by atoms with Crippen LogP contribution in [0.3, 0.4) is 0 Å². The topological polar surface area (TPSA) is 63.1 Å². The first kappa shape index (κ1) is 20.2. The van der Waals surface area contributed by atoms with Crippen LogP contribution in [0, 0.1) is 20.8 Å². The number of rotatable bonds is 6. The monoisotopic (exact) mass is 397 g/mol. The van der Waals surface area contributed by atoms with Crippen molar-refractivity contribution in [3.8, 4) is 11.3 Å². The van der Waals surface area contributed by atoms with Crippen molar-refractivity contribution >= 4 is 22.4 Å². The highest BCUT2D eigenvalue weighted by Gasteiger charge is 2.21. The van der Waals surface area contributed by atoms with Crippen molar-refractivity contribution in [1.29, 1.82) is 0 Å². The number of aromatic nitrogens is 3. The van der Waals surface area contributed by atoms with Crippen molar-refractivity contribution in [2.45, 2.75) is 40.3 Å². The molecule has 1 atom stereocenters. The van der Waals surface area contributed by atoms with Gasteiger partial charge in [0, 0.05) is 22.7 Å². The summed E-state index contributed by atoms with van der Waals surface area (Å²) in [4.78, 5) is 20.8. The third kappa shape index (κ3) is 4.48. The summed E-state index contributed by atoms with van der Waals surface area (Å²) in [6, 6.07) is 9.88. The number of hydrogen-bond donors (Lipinski definition) is 1. The van der Waals surface area contributed by atoms with Crippen LogP contribution in [0.1, 0.15) is 34.8 Å². The lowest BCUT2D eigenvalue weighted by Gasteiger charge is -2.13. The third-order valence-corrected chi connectivity index (χ3v) is 5.46. The minimum Gasteiger partial charge on any atom is -0.304 e. The lowest BCUT2D eigenvalue weighted by molar-refractivity contribution is -0.119. The van der Waals surface area contributed by atoms with Gasteiger partial charge < -0.3 is 10.2 Å². The van der Waals surface area contributed by atoms with Gasteiger partial charge in [0.15, 0.2) is 5.13 Å². The van der Waals surface area contributed by atoms with Gasteiger partial charge in [-0.05, 0) is 47.9 Å². The fourth-order valence-corrected chi connectivity index (χ4v) is 4.20. The third-order valence-electron chi connectivity index (χ3n) is 4.50. The lowest BCUT2D eigenvalue weighted by Crippen LogP contribution is -2.25. The quantitative estimate of drug-likeness (QED) is 0.677. The van der Waals surface area contributed by atoms with Gasteiger partial charge >= 0.3 is 0 Å². The first-order chi connectivity index (χ1) is 13.2. The summed E-state index contributed by atoms with van der Waals surface area (Å²) >= 11 is 1.52. The molecule has 0 fully saturated rings. The molecule has 0 bridgehead atoms. The zero-order valence-corrected chi connectivity index (χ0v) is 18.1. The highest BCUT2D eigenvalue weighted by Crippen LogP contribution is 2.32. The molecule has 0 aliphatic carbocycles. The van der Waals surface area contributed by atoms with Crippen LogP contribution in [0.15, 0.2) is 30.3 Å². The van der Waals surface area contributed by atoms with Crippen molar-refractivity contribution < 1.29 is 4.79 Å². The van der Waals surface area contributed by atoms with Crippen molar-refractivity contribution in [2.75, 3.05) is 19.4 Å². The van der Waals surface area contributed by atoms with Gasteiger partial charge in [-0.25, -0.2) is 4.98 Å². The Morgan fingerprint density at radius 2 is 1.89 bits per heavy atom. The average molecular weight is 398 g/mol. The Hall–Kier alpha value is -2.51. The highest BCUT2D eigenvalue weighted by atomic mass is 32.1. The molecule has 1 N–H and O–H groups in total. The van der Waals surface area contributed by atoms with Crippen LogP contribution in [0.25, 0.3) is 11.3 Å². The lowest BCUT2D eigenvalue weighted by atomic mass is 10.1. The molecule has 0 aliphatic heterocycles. The molecule has 0 radical (unpaired) electrons. The van der Waals surface area contributed by atoms with Gasteiger partial charge in [-0.1, -0.05) is 41.2 Å². The number of aryl methyl sites for hydroxylation is 3.